The molecule has 1 aromatic heterocycles. The van der Waals surface area contributed by atoms with Crippen LogP contribution >= 0.6 is 0 Å². The topological polar surface area (TPSA) is 161 Å². The Kier molecular flexibility index (Phi) is 11.3. The van der Waals surface area contributed by atoms with E-state index in [-0.39, 0.29) is 23.9 Å². The lowest BCUT2D eigenvalue weighted by Gasteiger charge is -2.30. The van der Waals surface area contributed by atoms with Crippen LogP contribution in [0.4, 0.5) is 19.2 Å². The average Bonchev–Trinajstić information content (AvgIpc) is 3.47. The van der Waals surface area contributed by atoms with Gasteiger partial charge in [-0.1, -0.05) is 43.3 Å². The number of carboxylic acid groups (broad SMARTS) is 1. The first kappa shape index (κ1) is 32.8. The van der Waals surface area contributed by atoms with E-state index >= 15 is 0 Å². The van der Waals surface area contributed by atoms with Crippen molar-refractivity contribution in [1.29, 1.82) is 0 Å². The van der Waals surface area contributed by atoms with Crippen LogP contribution in [0.2, 0.25) is 0 Å². The smallest absolute Gasteiger partial charge is 0.490 e. The minimum absolute atomic E-state index is 0.211. The molecule has 0 radical (unpaired) electrons. The van der Waals surface area contributed by atoms with Crippen LogP contribution in [-0.4, -0.2) is 68.6 Å². The molecule has 1 aliphatic rings. The van der Waals surface area contributed by atoms with Crippen molar-refractivity contribution < 1.29 is 40.8 Å². The van der Waals surface area contributed by atoms with Crippen LogP contribution in [0, 0.1) is 5.92 Å². The lowest BCUT2D eigenvalue weighted by atomic mass is 9.98. The van der Waals surface area contributed by atoms with Crippen molar-refractivity contribution in [3.63, 3.8) is 0 Å². The number of aromatic nitrogens is 2. The van der Waals surface area contributed by atoms with Crippen molar-refractivity contribution >= 4 is 22.0 Å². The van der Waals surface area contributed by atoms with Gasteiger partial charge in [0.1, 0.15) is 5.75 Å². The Morgan fingerprint density at radius 3 is 2.14 bits per heavy atom. The zero-order valence-electron chi connectivity index (χ0n) is 23.2. The predicted octanol–water partition coefficient (Wildman–Crippen LogP) is 4.03. The molecule has 230 valence electrons. The first-order valence-corrected chi connectivity index (χ1v) is 14.7. The first-order valence-electron chi connectivity index (χ1n) is 13.2. The van der Waals surface area contributed by atoms with Crippen molar-refractivity contribution in [1.82, 2.24) is 14.9 Å². The highest BCUT2D eigenvalue weighted by Gasteiger charge is 2.38. The van der Waals surface area contributed by atoms with E-state index < -0.39 is 22.2 Å². The monoisotopic (exact) mass is 613 g/mol. The highest BCUT2D eigenvalue weighted by atomic mass is 32.2. The molecule has 4 rings (SSSR count). The van der Waals surface area contributed by atoms with E-state index in [0.717, 1.165) is 48.6 Å². The summed E-state index contributed by atoms with van der Waals surface area (Å²) < 4.78 is 70.1. The summed E-state index contributed by atoms with van der Waals surface area (Å²) in [6, 6.07) is 15.3. The molecule has 1 saturated heterocycles. The molecule has 2 aromatic carbocycles. The summed E-state index contributed by atoms with van der Waals surface area (Å²) >= 11 is 0. The molecule has 0 amide bonds. The summed E-state index contributed by atoms with van der Waals surface area (Å²) in [6.45, 7) is 6.98. The number of carboxylic acids is 1. The molecule has 0 saturated carbocycles. The van der Waals surface area contributed by atoms with Crippen LogP contribution in [-0.2, 0) is 14.8 Å². The number of ether oxygens (including phenoxy) is 1. The van der Waals surface area contributed by atoms with E-state index in [9.17, 15) is 21.6 Å². The summed E-state index contributed by atoms with van der Waals surface area (Å²) in [7, 11) is -3.53. The Balaban J connectivity index is 0.000000616. The second-order valence-electron chi connectivity index (χ2n) is 9.87. The zero-order chi connectivity index (χ0) is 30.9. The molecule has 3 aromatic rings. The fourth-order valence-corrected chi connectivity index (χ4v) is 4.99. The molecule has 0 unspecified atom stereocenters. The number of nitrogens with two attached hydrogens (primary N) is 1. The van der Waals surface area contributed by atoms with Crippen molar-refractivity contribution in [2.45, 2.75) is 43.7 Å². The fourth-order valence-electron chi connectivity index (χ4n) is 3.94. The van der Waals surface area contributed by atoms with E-state index in [1.54, 1.807) is 24.3 Å². The maximum atomic E-state index is 12.2. The number of carbonyl (C=O) groups is 1. The number of hydrogen-bond donors (Lipinski definition) is 3. The molecule has 0 spiro atoms. The van der Waals surface area contributed by atoms with Crippen molar-refractivity contribution in [2.75, 3.05) is 37.7 Å². The number of anilines is 1. The minimum Gasteiger partial charge on any atom is -0.493 e. The SMILES string of the molecule is CC(C)c1noc(N2CCC(COc3ccc(-c4ccc(S(=O)(=O)NCCN)cc4)cc3)CC2)n1.O=C(O)C(F)(F)F. The number of nitrogens with zero attached hydrogens (tertiary/aromatic N) is 3. The lowest BCUT2D eigenvalue weighted by Crippen LogP contribution is -2.35. The Bertz CT molecular complexity index is 1390. The number of piperidine rings is 1. The second kappa shape index (κ2) is 14.5. The molecule has 0 bridgehead atoms. The Labute approximate surface area is 241 Å². The highest BCUT2D eigenvalue weighted by Crippen LogP contribution is 2.27. The number of halogens is 3. The van der Waals surface area contributed by atoms with E-state index in [2.05, 4.69) is 33.6 Å². The molecular weight excluding hydrogens is 579 g/mol. The van der Waals surface area contributed by atoms with Gasteiger partial charge in [0, 0.05) is 32.1 Å². The third-order valence-electron chi connectivity index (χ3n) is 6.35. The number of benzene rings is 2. The molecule has 1 aliphatic heterocycles. The first-order chi connectivity index (χ1) is 19.8. The molecule has 2 heterocycles. The van der Waals surface area contributed by atoms with Gasteiger partial charge in [0.05, 0.1) is 11.5 Å². The number of alkyl halides is 3. The molecule has 0 atom stereocenters. The van der Waals surface area contributed by atoms with Crippen molar-refractivity contribution in [2.24, 2.45) is 11.7 Å². The van der Waals surface area contributed by atoms with E-state index in [4.69, 9.17) is 24.9 Å². The van der Waals surface area contributed by atoms with Crippen LogP contribution in [0.25, 0.3) is 11.1 Å². The van der Waals surface area contributed by atoms with Crippen molar-refractivity contribution in [3.8, 4) is 16.9 Å². The number of nitrogens with one attached hydrogen (secondary N) is 1. The summed E-state index contributed by atoms with van der Waals surface area (Å²) in [5.41, 5.74) is 7.30. The number of aliphatic carboxylic acids is 1. The normalized spacial score (nSPS) is 14.4. The number of sulfonamides is 1. The number of hydrogen-bond acceptors (Lipinski definition) is 9. The van der Waals surface area contributed by atoms with E-state index in [1.807, 2.05) is 24.3 Å². The van der Waals surface area contributed by atoms with E-state index in [1.165, 1.54) is 0 Å². The molecule has 42 heavy (non-hydrogen) atoms. The van der Waals surface area contributed by atoms with Gasteiger partial charge in [-0.25, -0.2) is 17.9 Å². The molecule has 15 heteroatoms. The van der Waals surface area contributed by atoms with Crippen LogP contribution in [0.1, 0.15) is 38.4 Å². The van der Waals surface area contributed by atoms with Gasteiger partial charge >= 0.3 is 18.2 Å². The summed E-state index contributed by atoms with van der Waals surface area (Å²) in [5.74, 6) is -0.466. The summed E-state index contributed by atoms with van der Waals surface area (Å²) in [5, 5.41) is 11.2. The van der Waals surface area contributed by atoms with Gasteiger partial charge in [-0.15, -0.1) is 0 Å². The molecule has 0 aliphatic carbocycles. The maximum Gasteiger partial charge on any atom is 0.490 e. The van der Waals surface area contributed by atoms with Gasteiger partial charge in [0.15, 0.2) is 5.82 Å². The van der Waals surface area contributed by atoms with Gasteiger partial charge in [-0.3, -0.25) is 0 Å². The molecular formula is C27H34F3N5O6S. The number of rotatable bonds is 10. The van der Waals surface area contributed by atoms with Gasteiger partial charge in [-0.05, 0) is 54.2 Å². The second-order valence-corrected chi connectivity index (χ2v) is 11.6. The maximum absolute atomic E-state index is 12.2. The summed E-state index contributed by atoms with van der Waals surface area (Å²) in [4.78, 5) is 15.8. The Morgan fingerprint density at radius 2 is 1.67 bits per heavy atom. The molecule has 11 nitrogen and oxygen atoms in total. The summed E-state index contributed by atoms with van der Waals surface area (Å²) in [6.07, 6.45) is -3.07. The van der Waals surface area contributed by atoms with Gasteiger partial charge in [0.25, 0.3) is 0 Å². The average molecular weight is 614 g/mol. The van der Waals surface area contributed by atoms with Crippen LogP contribution in [0.3, 0.4) is 0 Å². The predicted molar refractivity (Wildman–Crippen MR) is 149 cm³/mol. The Morgan fingerprint density at radius 1 is 1.12 bits per heavy atom. The molecule has 4 N–H and O–H groups in total. The molecule has 1 fully saturated rings. The minimum atomic E-state index is -5.08. The largest absolute Gasteiger partial charge is 0.493 e. The van der Waals surface area contributed by atoms with Gasteiger partial charge in [0.2, 0.25) is 10.0 Å². The van der Waals surface area contributed by atoms with Gasteiger partial charge in [-0.2, -0.15) is 18.2 Å². The highest BCUT2D eigenvalue weighted by molar-refractivity contribution is 7.89. The third-order valence-corrected chi connectivity index (χ3v) is 7.83. The van der Waals surface area contributed by atoms with Crippen LogP contribution in [0.15, 0.2) is 57.9 Å². The fraction of sp³-hybridized carbons (Fsp3) is 0.444. The van der Waals surface area contributed by atoms with E-state index in [0.29, 0.717) is 18.5 Å². The van der Waals surface area contributed by atoms with Gasteiger partial charge < -0.3 is 25.0 Å². The third kappa shape index (κ3) is 9.42. The zero-order valence-corrected chi connectivity index (χ0v) is 24.0. The quantitative estimate of drug-likeness (QED) is 0.305. The Hall–Kier alpha value is -3.69. The van der Waals surface area contributed by atoms with Crippen LogP contribution < -0.4 is 20.1 Å². The lowest BCUT2D eigenvalue weighted by molar-refractivity contribution is -0.192. The van der Waals surface area contributed by atoms with Crippen molar-refractivity contribution in [3.05, 3.63) is 54.4 Å². The standard InChI is InChI=1S/C25H33N5O4S.C2HF3O2/c1-18(2)24-28-25(34-29-24)30-15-11-19(12-16-30)17-33-22-7-3-20(4-8-22)21-5-9-23(10-6-21)35(31,32)27-14-13-26;3-2(4,5)1(6)7/h3-10,18-19,27H,11-17,26H2,1-2H3;(H,6,7). The van der Waals surface area contributed by atoms with Crippen LogP contribution in [0.5, 0.6) is 5.75 Å².